The number of nitrogens with zero attached hydrogens (tertiary/aromatic N) is 1. The number of hydrogen-bond donors (Lipinski definition) is 2. The van der Waals surface area contributed by atoms with Crippen molar-refractivity contribution in [3.63, 3.8) is 0 Å². The third-order valence-corrected chi connectivity index (χ3v) is 4.06. The number of amides is 2. The van der Waals surface area contributed by atoms with E-state index in [-0.39, 0.29) is 6.03 Å². The Morgan fingerprint density at radius 2 is 1.95 bits per heavy atom. The molecule has 4 nitrogen and oxygen atoms in total. The summed E-state index contributed by atoms with van der Waals surface area (Å²) in [6.45, 7) is 0.430. The topological polar surface area (TPSA) is 54.0 Å². The summed E-state index contributed by atoms with van der Waals surface area (Å²) in [5, 5.41) is 7.70. The fourth-order valence-corrected chi connectivity index (χ4v) is 2.90. The van der Waals surface area contributed by atoms with Crippen LogP contribution in [0.5, 0.6) is 0 Å². The van der Waals surface area contributed by atoms with Crippen molar-refractivity contribution in [2.24, 2.45) is 0 Å². The molecular weight excluding hydrogens is 294 g/mol. The van der Waals surface area contributed by atoms with Gasteiger partial charge in [-0.1, -0.05) is 24.3 Å². The number of nitrogens with one attached hydrogen (secondary N) is 2. The van der Waals surface area contributed by atoms with Crippen LogP contribution in [0.3, 0.4) is 0 Å². The minimum atomic E-state index is -0.229. The molecule has 2 amide bonds. The average molecular weight is 309 g/mol. The Bertz CT molecular complexity index is 742. The number of hydrogen-bond acceptors (Lipinski definition) is 3. The van der Waals surface area contributed by atoms with Crippen LogP contribution in [0.15, 0.2) is 66.3 Å². The lowest BCUT2D eigenvalue weighted by atomic mass is 10.1. The lowest BCUT2D eigenvalue weighted by Gasteiger charge is -2.10. The smallest absolute Gasteiger partial charge is 0.319 e. The van der Waals surface area contributed by atoms with Crippen molar-refractivity contribution in [3.8, 4) is 10.4 Å². The minimum Gasteiger partial charge on any atom is -0.334 e. The van der Waals surface area contributed by atoms with Gasteiger partial charge in [0.15, 0.2) is 0 Å². The first-order chi connectivity index (χ1) is 10.8. The Labute approximate surface area is 132 Å². The van der Waals surface area contributed by atoms with Crippen molar-refractivity contribution in [3.05, 3.63) is 71.9 Å². The highest BCUT2D eigenvalue weighted by molar-refractivity contribution is 7.13. The van der Waals surface area contributed by atoms with Crippen LogP contribution < -0.4 is 10.6 Å². The molecule has 0 atom stereocenters. The molecule has 0 saturated carbocycles. The van der Waals surface area contributed by atoms with Crippen molar-refractivity contribution in [2.45, 2.75) is 6.54 Å². The minimum absolute atomic E-state index is 0.229. The lowest BCUT2D eigenvalue weighted by molar-refractivity contribution is 0.252. The number of benzene rings is 1. The van der Waals surface area contributed by atoms with Gasteiger partial charge in [0.25, 0.3) is 0 Å². The van der Waals surface area contributed by atoms with Crippen LogP contribution in [0.2, 0.25) is 0 Å². The fourth-order valence-electron chi connectivity index (χ4n) is 2.11. The maximum Gasteiger partial charge on any atom is 0.319 e. The summed E-state index contributed by atoms with van der Waals surface area (Å²) in [6, 6.07) is 15.2. The Morgan fingerprint density at radius 3 is 2.73 bits per heavy atom. The number of pyridine rings is 1. The highest BCUT2D eigenvalue weighted by atomic mass is 32.1. The predicted octanol–water partition coefficient (Wildman–Crippen LogP) is 4.13. The van der Waals surface area contributed by atoms with Gasteiger partial charge in [-0.3, -0.25) is 4.98 Å². The third-order valence-electron chi connectivity index (χ3n) is 3.16. The van der Waals surface area contributed by atoms with Gasteiger partial charge in [0, 0.05) is 29.5 Å². The van der Waals surface area contributed by atoms with E-state index < -0.39 is 0 Å². The van der Waals surface area contributed by atoms with Gasteiger partial charge in [0.05, 0.1) is 0 Å². The zero-order valence-corrected chi connectivity index (χ0v) is 12.6. The highest BCUT2D eigenvalue weighted by Crippen LogP contribution is 2.27. The van der Waals surface area contributed by atoms with E-state index in [9.17, 15) is 4.79 Å². The summed E-state index contributed by atoms with van der Waals surface area (Å²) in [6.07, 6.45) is 3.56. The molecule has 110 valence electrons. The summed E-state index contributed by atoms with van der Waals surface area (Å²) in [4.78, 5) is 17.3. The molecule has 2 heterocycles. The molecule has 0 aliphatic heterocycles. The second kappa shape index (κ2) is 6.87. The van der Waals surface area contributed by atoms with E-state index in [0.29, 0.717) is 6.54 Å². The molecule has 0 bridgehead atoms. The Balaban J connectivity index is 1.66. The maximum absolute atomic E-state index is 11.9. The van der Waals surface area contributed by atoms with Crippen LogP contribution in [-0.4, -0.2) is 11.0 Å². The number of carbonyl (C=O) groups is 1. The third kappa shape index (κ3) is 3.51. The van der Waals surface area contributed by atoms with Crippen LogP contribution >= 0.6 is 11.3 Å². The molecule has 22 heavy (non-hydrogen) atoms. The van der Waals surface area contributed by atoms with Gasteiger partial charge in [-0.25, -0.2) is 4.79 Å². The van der Waals surface area contributed by atoms with Gasteiger partial charge < -0.3 is 10.6 Å². The van der Waals surface area contributed by atoms with Crippen molar-refractivity contribution in [2.75, 3.05) is 5.32 Å². The molecule has 2 aromatic heterocycles. The average Bonchev–Trinajstić information content (AvgIpc) is 3.08. The van der Waals surface area contributed by atoms with Gasteiger partial charge in [0.1, 0.15) is 0 Å². The van der Waals surface area contributed by atoms with Gasteiger partial charge >= 0.3 is 6.03 Å². The van der Waals surface area contributed by atoms with Crippen LogP contribution in [0, 0.1) is 0 Å². The number of anilines is 1. The van der Waals surface area contributed by atoms with Gasteiger partial charge in [0.2, 0.25) is 0 Å². The summed E-state index contributed by atoms with van der Waals surface area (Å²) in [5.74, 6) is 0. The van der Waals surface area contributed by atoms with E-state index in [1.54, 1.807) is 23.7 Å². The van der Waals surface area contributed by atoms with Gasteiger partial charge in [-0.15, -0.1) is 11.3 Å². The monoisotopic (exact) mass is 309 g/mol. The normalized spacial score (nSPS) is 10.2. The number of urea groups is 1. The second-order valence-corrected chi connectivity index (χ2v) is 5.63. The number of rotatable bonds is 4. The second-order valence-electron chi connectivity index (χ2n) is 4.68. The number of para-hydroxylation sites is 1. The van der Waals surface area contributed by atoms with Gasteiger partial charge in [-0.05, 0) is 40.8 Å². The van der Waals surface area contributed by atoms with E-state index in [1.165, 1.54) is 4.88 Å². The Kier molecular flexibility index (Phi) is 4.46. The zero-order chi connectivity index (χ0) is 15.2. The SMILES string of the molecule is O=C(NCc1cnccc1-c1cccs1)Nc1ccccc1. The van der Waals surface area contributed by atoms with Crippen molar-refractivity contribution >= 4 is 23.1 Å². The molecule has 0 aliphatic carbocycles. The van der Waals surface area contributed by atoms with Crippen molar-refractivity contribution in [1.82, 2.24) is 10.3 Å². The molecular formula is C17H15N3OS. The molecule has 0 fully saturated rings. The number of carbonyl (C=O) groups excluding carboxylic acids is 1. The highest BCUT2D eigenvalue weighted by Gasteiger charge is 2.07. The Morgan fingerprint density at radius 1 is 1.09 bits per heavy atom. The van der Waals surface area contributed by atoms with Crippen molar-refractivity contribution < 1.29 is 4.79 Å². The molecule has 3 rings (SSSR count). The van der Waals surface area contributed by atoms with E-state index >= 15 is 0 Å². The molecule has 0 saturated heterocycles. The van der Waals surface area contributed by atoms with Crippen LogP contribution in [-0.2, 0) is 6.54 Å². The first kappa shape index (κ1) is 14.3. The fraction of sp³-hybridized carbons (Fsp3) is 0.0588. The standard InChI is InChI=1S/C17H15N3OS/c21-17(20-14-5-2-1-3-6-14)19-12-13-11-18-9-8-15(13)16-7-4-10-22-16/h1-11H,12H2,(H2,19,20,21). The summed E-state index contributed by atoms with van der Waals surface area (Å²) < 4.78 is 0. The number of thiophene rings is 1. The van der Waals surface area contributed by atoms with E-state index in [2.05, 4.69) is 21.7 Å². The molecule has 0 radical (unpaired) electrons. The molecule has 0 spiro atoms. The summed E-state index contributed by atoms with van der Waals surface area (Å²) >= 11 is 1.67. The largest absolute Gasteiger partial charge is 0.334 e. The van der Waals surface area contributed by atoms with Crippen LogP contribution in [0.25, 0.3) is 10.4 Å². The molecule has 2 N–H and O–H groups in total. The summed E-state index contributed by atoms with van der Waals surface area (Å²) in [7, 11) is 0. The Hall–Kier alpha value is -2.66. The van der Waals surface area contributed by atoms with Gasteiger partial charge in [-0.2, -0.15) is 0 Å². The zero-order valence-electron chi connectivity index (χ0n) is 11.8. The lowest BCUT2D eigenvalue weighted by Crippen LogP contribution is -2.28. The quantitative estimate of drug-likeness (QED) is 0.761. The van der Waals surface area contributed by atoms with Crippen molar-refractivity contribution in [1.29, 1.82) is 0 Å². The molecule has 5 heteroatoms. The van der Waals surface area contributed by atoms with E-state index in [1.807, 2.05) is 47.8 Å². The molecule has 3 aromatic rings. The maximum atomic E-state index is 11.9. The van der Waals surface area contributed by atoms with E-state index in [0.717, 1.165) is 16.8 Å². The van der Waals surface area contributed by atoms with Crippen LogP contribution in [0.4, 0.5) is 10.5 Å². The first-order valence-corrected chi connectivity index (χ1v) is 7.77. The van der Waals surface area contributed by atoms with Crippen LogP contribution in [0.1, 0.15) is 5.56 Å². The number of aromatic nitrogens is 1. The molecule has 0 unspecified atom stereocenters. The molecule has 1 aromatic carbocycles. The summed E-state index contributed by atoms with van der Waals surface area (Å²) in [5.41, 5.74) is 2.86. The molecule has 0 aliphatic rings. The van der Waals surface area contributed by atoms with E-state index in [4.69, 9.17) is 0 Å². The first-order valence-electron chi connectivity index (χ1n) is 6.89. The predicted molar refractivity (Wildman–Crippen MR) is 89.9 cm³/mol.